The van der Waals surface area contributed by atoms with Crippen LogP contribution in [0.1, 0.15) is 51.5 Å². The second-order valence-corrected chi connectivity index (χ2v) is 9.39. The predicted octanol–water partition coefficient (Wildman–Crippen LogP) is 2.97. The van der Waals surface area contributed by atoms with E-state index in [1.807, 2.05) is 37.3 Å². The molecule has 1 heterocycles. The third-order valence-electron chi connectivity index (χ3n) is 4.97. The Labute approximate surface area is 158 Å². The normalized spacial score (nSPS) is 19.8. The van der Waals surface area contributed by atoms with Gasteiger partial charge in [-0.3, -0.25) is 4.79 Å². The van der Waals surface area contributed by atoms with Gasteiger partial charge in [0.15, 0.2) is 0 Å². The van der Waals surface area contributed by atoms with Crippen molar-refractivity contribution in [3.05, 3.63) is 35.9 Å². The van der Waals surface area contributed by atoms with Gasteiger partial charge in [0.1, 0.15) is 0 Å². The van der Waals surface area contributed by atoms with Crippen LogP contribution in [0.5, 0.6) is 0 Å². The van der Waals surface area contributed by atoms with Gasteiger partial charge in [0.2, 0.25) is 15.9 Å². The van der Waals surface area contributed by atoms with Gasteiger partial charge in [-0.2, -0.15) is 0 Å². The van der Waals surface area contributed by atoms with Gasteiger partial charge >= 0.3 is 0 Å². The quantitative estimate of drug-likeness (QED) is 0.716. The van der Waals surface area contributed by atoms with Gasteiger partial charge in [0, 0.05) is 19.1 Å². The molecule has 5 nitrogen and oxygen atoms in total. The SMILES string of the molecule is CCC[C@@H](C)NC(=O)[C@H]1CCCN(S(=O)(=O)CCCc2ccccc2)C1. The minimum Gasteiger partial charge on any atom is -0.353 e. The van der Waals surface area contributed by atoms with Crippen LogP contribution in [0.25, 0.3) is 0 Å². The fraction of sp³-hybridized carbons (Fsp3) is 0.650. The first-order chi connectivity index (χ1) is 12.4. The van der Waals surface area contributed by atoms with E-state index in [9.17, 15) is 13.2 Å². The third kappa shape index (κ3) is 6.40. The molecule has 1 N–H and O–H groups in total. The minimum absolute atomic E-state index is 0.00450. The summed E-state index contributed by atoms with van der Waals surface area (Å²) in [7, 11) is -3.31. The Bertz CT molecular complexity index is 661. The smallest absolute Gasteiger partial charge is 0.224 e. The maximum atomic E-state index is 12.7. The van der Waals surface area contributed by atoms with E-state index in [0.29, 0.717) is 19.5 Å². The summed E-state index contributed by atoms with van der Waals surface area (Å²) in [5.74, 6) is -0.0928. The van der Waals surface area contributed by atoms with Crippen molar-refractivity contribution < 1.29 is 13.2 Å². The van der Waals surface area contributed by atoms with Crippen LogP contribution in [0, 0.1) is 5.92 Å². The molecular weight excluding hydrogens is 348 g/mol. The molecule has 0 bridgehead atoms. The van der Waals surface area contributed by atoms with Crippen LogP contribution in [0.2, 0.25) is 0 Å². The number of rotatable bonds is 9. The molecule has 26 heavy (non-hydrogen) atoms. The van der Waals surface area contributed by atoms with Crippen molar-refractivity contribution in [1.29, 1.82) is 0 Å². The van der Waals surface area contributed by atoms with E-state index >= 15 is 0 Å². The van der Waals surface area contributed by atoms with Crippen LogP contribution in [-0.4, -0.2) is 43.5 Å². The number of hydrogen-bond donors (Lipinski definition) is 1. The van der Waals surface area contributed by atoms with Crippen molar-refractivity contribution in [2.75, 3.05) is 18.8 Å². The number of sulfonamides is 1. The van der Waals surface area contributed by atoms with Gasteiger partial charge in [0.25, 0.3) is 0 Å². The van der Waals surface area contributed by atoms with Crippen LogP contribution >= 0.6 is 0 Å². The number of piperidine rings is 1. The number of carbonyl (C=O) groups is 1. The van der Waals surface area contributed by atoms with Crippen LogP contribution in [0.4, 0.5) is 0 Å². The van der Waals surface area contributed by atoms with E-state index in [1.165, 1.54) is 4.31 Å². The Morgan fingerprint density at radius 3 is 2.73 bits per heavy atom. The van der Waals surface area contributed by atoms with E-state index < -0.39 is 10.0 Å². The summed E-state index contributed by atoms with van der Waals surface area (Å²) in [5.41, 5.74) is 1.16. The molecule has 1 aromatic carbocycles. The first-order valence-electron chi connectivity index (χ1n) is 9.74. The van der Waals surface area contributed by atoms with Gasteiger partial charge in [-0.05, 0) is 44.6 Å². The third-order valence-corrected chi connectivity index (χ3v) is 6.89. The Balaban J connectivity index is 1.85. The van der Waals surface area contributed by atoms with Gasteiger partial charge in [-0.25, -0.2) is 12.7 Å². The van der Waals surface area contributed by atoms with Gasteiger partial charge in [-0.1, -0.05) is 43.7 Å². The van der Waals surface area contributed by atoms with Crippen molar-refractivity contribution in [3.63, 3.8) is 0 Å². The zero-order valence-corrected chi connectivity index (χ0v) is 16.8. The van der Waals surface area contributed by atoms with Crippen molar-refractivity contribution in [1.82, 2.24) is 9.62 Å². The Morgan fingerprint density at radius 1 is 1.31 bits per heavy atom. The molecular formula is C20H32N2O3S. The van der Waals surface area contributed by atoms with Crippen LogP contribution in [0.3, 0.4) is 0 Å². The topological polar surface area (TPSA) is 66.5 Å². The van der Waals surface area contributed by atoms with Crippen LogP contribution < -0.4 is 5.32 Å². The van der Waals surface area contributed by atoms with Gasteiger partial charge in [0.05, 0.1) is 11.7 Å². The summed E-state index contributed by atoms with van der Waals surface area (Å²) in [6.07, 6.45) is 4.84. The summed E-state index contributed by atoms with van der Waals surface area (Å²) in [6, 6.07) is 10.1. The molecule has 0 spiro atoms. The molecule has 1 fully saturated rings. The number of nitrogens with zero attached hydrogens (tertiary/aromatic N) is 1. The van der Waals surface area contributed by atoms with Crippen molar-refractivity contribution >= 4 is 15.9 Å². The summed E-state index contributed by atoms with van der Waals surface area (Å²) >= 11 is 0. The standard InChI is InChI=1S/C20H32N2O3S/c1-3-9-17(2)21-20(23)19-13-7-14-22(16-19)26(24,25)15-8-12-18-10-5-4-6-11-18/h4-6,10-11,17,19H,3,7-9,12-16H2,1-2H3,(H,21,23)/t17-,19+/m1/s1. The molecule has 0 aliphatic carbocycles. The second-order valence-electron chi connectivity index (χ2n) is 7.30. The maximum Gasteiger partial charge on any atom is 0.224 e. The zero-order valence-electron chi connectivity index (χ0n) is 16.0. The molecule has 2 rings (SSSR count). The number of amides is 1. The van der Waals surface area contributed by atoms with E-state index in [4.69, 9.17) is 0 Å². The predicted molar refractivity (Wildman–Crippen MR) is 105 cm³/mol. The molecule has 1 amide bonds. The van der Waals surface area contributed by atoms with E-state index in [2.05, 4.69) is 12.2 Å². The molecule has 1 saturated heterocycles. The summed E-state index contributed by atoms with van der Waals surface area (Å²) in [6.45, 7) is 4.94. The highest BCUT2D eigenvalue weighted by molar-refractivity contribution is 7.89. The van der Waals surface area contributed by atoms with Crippen molar-refractivity contribution in [3.8, 4) is 0 Å². The molecule has 0 radical (unpaired) electrons. The van der Waals surface area contributed by atoms with Crippen LogP contribution in [-0.2, 0) is 21.2 Å². The van der Waals surface area contributed by atoms with Gasteiger partial charge in [-0.15, -0.1) is 0 Å². The molecule has 1 aliphatic heterocycles. The fourth-order valence-corrected chi connectivity index (χ4v) is 5.09. The fourth-order valence-electron chi connectivity index (χ4n) is 3.51. The average molecular weight is 381 g/mol. The Hall–Kier alpha value is -1.40. The van der Waals surface area contributed by atoms with Crippen molar-refractivity contribution in [2.24, 2.45) is 5.92 Å². The monoisotopic (exact) mass is 380 g/mol. The number of aryl methyl sites for hydroxylation is 1. The summed E-state index contributed by atoms with van der Waals surface area (Å²) < 4.78 is 26.8. The molecule has 1 aromatic rings. The van der Waals surface area contributed by atoms with E-state index in [0.717, 1.165) is 37.7 Å². The average Bonchev–Trinajstić information content (AvgIpc) is 2.63. The lowest BCUT2D eigenvalue weighted by atomic mass is 9.98. The highest BCUT2D eigenvalue weighted by Crippen LogP contribution is 2.21. The van der Waals surface area contributed by atoms with Crippen molar-refractivity contribution in [2.45, 2.75) is 58.4 Å². The molecule has 0 saturated carbocycles. The lowest BCUT2D eigenvalue weighted by Gasteiger charge is -2.32. The first kappa shape index (κ1) is 20.9. The molecule has 0 aromatic heterocycles. The number of nitrogens with one attached hydrogen (secondary N) is 1. The highest BCUT2D eigenvalue weighted by Gasteiger charge is 2.32. The Morgan fingerprint density at radius 2 is 2.04 bits per heavy atom. The summed E-state index contributed by atoms with van der Waals surface area (Å²) in [4.78, 5) is 12.4. The number of hydrogen-bond acceptors (Lipinski definition) is 3. The first-order valence-corrected chi connectivity index (χ1v) is 11.4. The number of benzene rings is 1. The van der Waals surface area contributed by atoms with E-state index in [-0.39, 0.29) is 23.6 Å². The summed E-state index contributed by atoms with van der Waals surface area (Å²) in [5, 5.41) is 3.03. The minimum atomic E-state index is -3.31. The zero-order chi connectivity index (χ0) is 19.0. The largest absolute Gasteiger partial charge is 0.353 e. The molecule has 0 unspecified atom stereocenters. The van der Waals surface area contributed by atoms with Crippen LogP contribution in [0.15, 0.2) is 30.3 Å². The van der Waals surface area contributed by atoms with E-state index in [1.54, 1.807) is 0 Å². The highest BCUT2D eigenvalue weighted by atomic mass is 32.2. The lowest BCUT2D eigenvalue weighted by molar-refractivity contribution is -0.126. The molecule has 146 valence electrons. The Kier molecular flexibility index (Phi) is 8.10. The maximum absolute atomic E-state index is 12.7. The lowest BCUT2D eigenvalue weighted by Crippen LogP contribution is -2.47. The van der Waals surface area contributed by atoms with Gasteiger partial charge < -0.3 is 5.32 Å². The molecule has 6 heteroatoms. The number of carbonyl (C=O) groups excluding carboxylic acids is 1. The molecule has 1 aliphatic rings. The molecule has 2 atom stereocenters. The second kappa shape index (κ2) is 10.1.